The summed E-state index contributed by atoms with van der Waals surface area (Å²) in [6, 6.07) is 5.62. The number of amides is 2. The first-order valence-corrected chi connectivity index (χ1v) is 8.18. The zero-order valence-corrected chi connectivity index (χ0v) is 14.2. The normalized spacial score (nSPS) is 22.2. The minimum Gasteiger partial charge on any atom is -0.507 e. The molecule has 1 aliphatic rings. The van der Waals surface area contributed by atoms with E-state index in [0.29, 0.717) is 0 Å². The second-order valence-electron chi connectivity index (χ2n) is 7.32. The predicted molar refractivity (Wildman–Crippen MR) is 93.2 cm³/mol. The molecule has 0 aromatic heterocycles. The number of aliphatic imine (C=N–C) groups is 1. The highest BCUT2D eigenvalue weighted by molar-refractivity contribution is 5.84. The molecular formula is C18H27N3O2. The third-order valence-corrected chi connectivity index (χ3v) is 4.36. The van der Waals surface area contributed by atoms with Gasteiger partial charge in [0.05, 0.1) is 6.04 Å². The van der Waals surface area contributed by atoms with Gasteiger partial charge in [0.2, 0.25) is 0 Å². The molecule has 126 valence electrons. The molecule has 4 N–H and O–H groups in total. The van der Waals surface area contributed by atoms with Crippen molar-refractivity contribution in [1.29, 1.82) is 0 Å². The topological polar surface area (TPSA) is 87.7 Å². The van der Waals surface area contributed by atoms with Crippen LogP contribution in [0, 0.1) is 0 Å². The number of rotatable bonds is 3. The second kappa shape index (κ2) is 7.02. The van der Waals surface area contributed by atoms with Gasteiger partial charge in [0.15, 0.2) is 0 Å². The fourth-order valence-electron chi connectivity index (χ4n) is 2.88. The Labute approximate surface area is 138 Å². The number of hydrogen-bond acceptors (Lipinski definition) is 3. The summed E-state index contributed by atoms with van der Waals surface area (Å²) >= 11 is 0. The van der Waals surface area contributed by atoms with Crippen LogP contribution in [-0.4, -0.2) is 29.4 Å². The third-order valence-electron chi connectivity index (χ3n) is 4.36. The van der Waals surface area contributed by atoms with Gasteiger partial charge in [-0.3, -0.25) is 4.99 Å². The number of carbonyl (C=O) groups excluding carboxylic acids is 1. The molecule has 1 aromatic carbocycles. The Hall–Kier alpha value is -2.04. The van der Waals surface area contributed by atoms with Crippen LogP contribution in [0.5, 0.6) is 5.75 Å². The highest BCUT2D eigenvalue weighted by Crippen LogP contribution is 2.27. The second-order valence-corrected chi connectivity index (χ2v) is 7.32. The van der Waals surface area contributed by atoms with Crippen LogP contribution < -0.4 is 11.1 Å². The molecule has 0 bridgehead atoms. The lowest BCUT2D eigenvalue weighted by Crippen LogP contribution is -2.41. The number of nitrogens with two attached hydrogens (primary N) is 1. The summed E-state index contributed by atoms with van der Waals surface area (Å²) in [5.74, 6) is 0.255. The first-order chi connectivity index (χ1) is 10.8. The van der Waals surface area contributed by atoms with Crippen molar-refractivity contribution >= 4 is 12.2 Å². The zero-order chi connectivity index (χ0) is 17.0. The van der Waals surface area contributed by atoms with Crippen molar-refractivity contribution in [3.63, 3.8) is 0 Å². The van der Waals surface area contributed by atoms with Crippen molar-refractivity contribution in [3.8, 4) is 5.75 Å². The monoisotopic (exact) mass is 317 g/mol. The van der Waals surface area contributed by atoms with E-state index in [0.717, 1.165) is 31.2 Å². The fourth-order valence-corrected chi connectivity index (χ4v) is 2.88. The average molecular weight is 317 g/mol. The molecule has 0 unspecified atom stereocenters. The Balaban J connectivity index is 2.00. The molecule has 1 aromatic rings. The van der Waals surface area contributed by atoms with E-state index < -0.39 is 6.03 Å². The maximum atomic E-state index is 10.9. The molecule has 5 nitrogen and oxygen atoms in total. The molecule has 2 rings (SSSR count). The Bertz CT molecular complexity index is 582. The van der Waals surface area contributed by atoms with E-state index in [1.807, 2.05) is 12.1 Å². The first kappa shape index (κ1) is 17.3. The van der Waals surface area contributed by atoms with Gasteiger partial charge in [-0.05, 0) is 48.8 Å². The summed E-state index contributed by atoms with van der Waals surface area (Å²) in [4.78, 5) is 15.5. The zero-order valence-electron chi connectivity index (χ0n) is 14.2. The Morgan fingerprint density at radius 1 is 1.30 bits per heavy atom. The number of primary amides is 1. The Morgan fingerprint density at radius 3 is 2.52 bits per heavy atom. The maximum absolute atomic E-state index is 10.9. The van der Waals surface area contributed by atoms with Crippen molar-refractivity contribution in [3.05, 3.63) is 29.3 Å². The van der Waals surface area contributed by atoms with E-state index in [9.17, 15) is 9.90 Å². The standard InChI is InChI=1S/C18H27N3O2/c1-18(2,3)13-4-9-16(22)12(10-13)11-20-14-5-7-15(8-6-14)21-17(19)23/h4,9-11,14-15,22H,5-8H2,1-3H3,(H3,19,21,23)/b20-11+. The van der Waals surface area contributed by atoms with Crippen molar-refractivity contribution < 1.29 is 9.90 Å². The summed E-state index contributed by atoms with van der Waals surface area (Å²) in [6.45, 7) is 6.44. The minimum absolute atomic E-state index is 0.0365. The molecule has 0 atom stereocenters. The summed E-state index contributed by atoms with van der Waals surface area (Å²) in [5, 5.41) is 12.8. The molecular weight excluding hydrogens is 290 g/mol. The molecule has 0 radical (unpaired) electrons. The SMILES string of the molecule is CC(C)(C)c1ccc(O)c(/C=N/C2CCC(NC(N)=O)CC2)c1. The van der Waals surface area contributed by atoms with E-state index in [1.165, 1.54) is 5.56 Å². The van der Waals surface area contributed by atoms with Crippen LogP contribution in [0.15, 0.2) is 23.2 Å². The van der Waals surface area contributed by atoms with E-state index in [1.54, 1.807) is 12.3 Å². The van der Waals surface area contributed by atoms with Crippen molar-refractivity contribution in [1.82, 2.24) is 5.32 Å². The molecule has 2 amide bonds. The van der Waals surface area contributed by atoms with Crippen LogP contribution >= 0.6 is 0 Å². The predicted octanol–water partition coefficient (Wildman–Crippen LogP) is 3.09. The van der Waals surface area contributed by atoms with Gasteiger partial charge >= 0.3 is 6.03 Å². The number of phenols is 1. The van der Waals surface area contributed by atoms with Crippen molar-refractivity contribution in [2.24, 2.45) is 10.7 Å². The van der Waals surface area contributed by atoms with Crippen molar-refractivity contribution in [2.75, 3.05) is 0 Å². The first-order valence-electron chi connectivity index (χ1n) is 8.18. The molecule has 1 fully saturated rings. The molecule has 23 heavy (non-hydrogen) atoms. The number of aromatic hydroxyl groups is 1. The highest BCUT2D eigenvalue weighted by atomic mass is 16.3. The van der Waals surface area contributed by atoms with Crippen LogP contribution in [0.25, 0.3) is 0 Å². The number of urea groups is 1. The smallest absolute Gasteiger partial charge is 0.312 e. The molecule has 1 saturated carbocycles. The van der Waals surface area contributed by atoms with Gasteiger partial charge in [0.1, 0.15) is 5.75 Å². The van der Waals surface area contributed by atoms with Gasteiger partial charge in [-0.1, -0.05) is 26.8 Å². The maximum Gasteiger partial charge on any atom is 0.312 e. The van der Waals surface area contributed by atoms with Crippen molar-refractivity contribution in [2.45, 2.75) is 64.0 Å². The lowest BCUT2D eigenvalue weighted by Gasteiger charge is -2.26. The highest BCUT2D eigenvalue weighted by Gasteiger charge is 2.21. The number of carbonyl (C=O) groups is 1. The van der Waals surface area contributed by atoms with Crippen LogP contribution in [0.2, 0.25) is 0 Å². The van der Waals surface area contributed by atoms with Crippen LogP contribution in [0.4, 0.5) is 4.79 Å². The molecule has 0 aliphatic heterocycles. The fraction of sp³-hybridized carbons (Fsp3) is 0.556. The lowest BCUT2D eigenvalue weighted by molar-refractivity contribution is 0.239. The van der Waals surface area contributed by atoms with Gasteiger partial charge in [-0.15, -0.1) is 0 Å². The molecule has 5 heteroatoms. The van der Waals surface area contributed by atoms with Crippen LogP contribution in [0.3, 0.4) is 0 Å². The lowest BCUT2D eigenvalue weighted by atomic mass is 9.86. The molecule has 0 heterocycles. The van der Waals surface area contributed by atoms with Gasteiger partial charge < -0.3 is 16.2 Å². The summed E-state index contributed by atoms with van der Waals surface area (Å²) < 4.78 is 0. The van der Waals surface area contributed by atoms with Gasteiger partial charge in [0, 0.05) is 17.8 Å². The number of nitrogens with one attached hydrogen (secondary N) is 1. The number of hydrogen-bond donors (Lipinski definition) is 3. The molecule has 1 aliphatic carbocycles. The summed E-state index contributed by atoms with van der Waals surface area (Å²) in [7, 11) is 0. The number of benzene rings is 1. The van der Waals surface area contributed by atoms with Gasteiger partial charge in [0.25, 0.3) is 0 Å². The van der Waals surface area contributed by atoms with Gasteiger partial charge in [-0.25, -0.2) is 4.79 Å². The largest absolute Gasteiger partial charge is 0.507 e. The van der Waals surface area contributed by atoms with Crippen LogP contribution in [0.1, 0.15) is 57.6 Å². The minimum atomic E-state index is -0.458. The third kappa shape index (κ3) is 4.98. The average Bonchev–Trinajstić information content (AvgIpc) is 2.46. The number of phenolic OH excluding ortho intramolecular Hbond substituents is 1. The Morgan fingerprint density at radius 2 is 1.96 bits per heavy atom. The number of nitrogens with zero attached hydrogens (tertiary/aromatic N) is 1. The van der Waals surface area contributed by atoms with E-state index in [-0.39, 0.29) is 23.2 Å². The van der Waals surface area contributed by atoms with E-state index >= 15 is 0 Å². The molecule has 0 saturated heterocycles. The van der Waals surface area contributed by atoms with E-state index in [4.69, 9.17) is 5.73 Å². The summed E-state index contributed by atoms with van der Waals surface area (Å²) in [6.07, 6.45) is 5.39. The molecule has 0 spiro atoms. The van der Waals surface area contributed by atoms with E-state index in [2.05, 4.69) is 31.1 Å². The van der Waals surface area contributed by atoms with Gasteiger partial charge in [-0.2, -0.15) is 0 Å². The quantitative estimate of drug-likeness (QED) is 0.748. The van der Waals surface area contributed by atoms with Crippen LogP contribution in [-0.2, 0) is 5.41 Å². The summed E-state index contributed by atoms with van der Waals surface area (Å²) in [5.41, 5.74) is 7.12. The Kier molecular flexibility index (Phi) is 5.29.